The Kier molecular flexibility index (Phi) is 6.96. The molecule has 1 radical (unpaired) electrons. The highest BCUT2D eigenvalue weighted by molar-refractivity contribution is 9.10. The number of Topliss-reactive ketones (excluding diaryl/α,β-unsaturated/α-hetero) is 1. The number of hydrogen-bond acceptors (Lipinski definition) is 1. The largest absolute Gasteiger partial charge is 0.298 e. The quantitative estimate of drug-likeness (QED) is 0.507. The lowest BCUT2D eigenvalue weighted by Gasteiger charge is -2.15. The molecule has 0 saturated carbocycles. The monoisotopic (exact) mass is 277 g/mol. The van der Waals surface area contributed by atoms with Gasteiger partial charge in [-0.25, -0.2) is 0 Å². The first kappa shape index (κ1) is 14.4. The van der Waals surface area contributed by atoms with E-state index in [1.165, 1.54) is 18.1 Å². The molecule has 0 fully saturated rings. The zero-order valence-corrected chi connectivity index (χ0v) is 12.4. The van der Waals surface area contributed by atoms with Crippen molar-refractivity contribution >= 4 is 30.5 Å². The molecule has 0 amide bonds. The van der Waals surface area contributed by atoms with E-state index in [1.54, 1.807) is 0 Å². The minimum atomic E-state index is -0.321. The van der Waals surface area contributed by atoms with Gasteiger partial charge in [-0.15, -0.1) is 0 Å². The van der Waals surface area contributed by atoms with E-state index in [1.807, 2.05) is 13.8 Å². The summed E-state index contributed by atoms with van der Waals surface area (Å²) >= 11 is 3.40. The van der Waals surface area contributed by atoms with Crippen LogP contribution in [0.2, 0.25) is 18.1 Å². The van der Waals surface area contributed by atoms with Crippen LogP contribution in [0.1, 0.15) is 40.5 Å². The highest BCUT2D eigenvalue weighted by Gasteiger charge is 2.22. The van der Waals surface area contributed by atoms with Crippen molar-refractivity contribution in [3.8, 4) is 0 Å². The van der Waals surface area contributed by atoms with Crippen molar-refractivity contribution < 1.29 is 4.79 Å². The van der Waals surface area contributed by atoms with Crippen LogP contribution < -0.4 is 0 Å². The van der Waals surface area contributed by atoms with E-state index in [-0.39, 0.29) is 13.1 Å². The number of halogens is 1. The molecule has 0 aliphatic carbocycles. The Balaban J connectivity index is 3.69. The van der Waals surface area contributed by atoms with Gasteiger partial charge in [0.15, 0.2) is 0 Å². The summed E-state index contributed by atoms with van der Waals surface area (Å²) < 4.78 is -0.321. The number of hydrogen-bond donors (Lipinski definition) is 0. The molecule has 0 rings (SSSR count). The van der Waals surface area contributed by atoms with E-state index < -0.39 is 0 Å². The Hall–Kier alpha value is 0.367. The maximum Gasteiger partial charge on any atom is 0.148 e. The van der Waals surface area contributed by atoms with Gasteiger partial charge in [-0.2, -0.15) is 0 Å². The van der Waals surface area contributed by atoms with Gasteiger partial charge in [0.25, 0.3) is 0 Å². The van der Waals surface area contributed by atoms with Crippen LogP contribution in [0.15, 0.2) is 0 Å². The summed E-state index contributed by atoms with van der Waals surface area (Å²) in [6.45, 7) is 8.41. The Labute approximate surface area is 98.4 Å². The summed E-state index contributed by atoms with van der Waals surface area (Å²) in [7, 11) is -0.131. The molecule has 0 spiro atoms. The standard InChI is InChI=1S/C11H22BrOSi/c1-5-14(6-2)9-7-8-10(13)11(3,4)12/h5-9H2,1-4H3. The normalized spacial score (nSPS) is 12.1. The summed E-state index contributed by atoms with van der Waals surface area (Å²) in [5, 5.41) is 0. The number of carbonyl (C=O) groups is 1. The molecule has 14 heavy (non-hydrogen) atoms. The van der Waals surface area contributed by atoms with Gasteiger partial charge in [-0.1, -0.05) is 47.9 Å². The molecule has 0 aliphatic heterocycles. The van der Waals surface area contributed by atoms with Crippen LogP contribution in [0, 0.1) is 0 Å². The SMILES string of the molecule is CC[Si](CC)CCCC(=O)C(C)(C)Br. The molecule has 0 bridgehead atoms. The predicted octanol–water partition coefficient (Wildman–Crippen LogP) is 4.04. The van der Waals surface area contributed by atoms with Crippen molar-refractivity contribution in [2.24, 2.45) is 0 Å². The second kappa shape index (κ2) is 6.78. The molecular formula is C11H22BrOSi. The maximum atomic E-state index is 11.6. The van der Waals surface area contributed by atoms with Crippen molar-refractivity contribution in [3.63, 3.8) is 0 Å². The van der Waals surface area contributed by atoms with Crippen LogP contribution in [-0.4, -0.2) is 18.9 Å². The number of carbonyl (C=O) groups excluding carboxylic acids is 1. The number of alkyl halides is 1. The second-order valence-electron chi connectivity index (χ2n) is 4.21. The lowest BCUT2D eigenvalue weighted by molar-refractivity contribution is -0.120. The molecule has 83 valence electrons. The second-order valence-corrected chi connectivity index (χ2v) is 9.60. The topological polar surface area (TPSA) is 17.1 Å². The zero-order chi connectivity index (χ0) is 11.2. The van der Waals surface area contributed by atoms with Crippen LogP contribution >= 0.6 is 15.9 Å². The van der Waals surface area contributed by atoms with Gasteiger partial charge in [0.05, 0.1) is 4.32 Å². The summed E-state index contributed by atoms with van der Waals surface area (Å²) in [4.78, 5) is 11.6. The lowest BCUT2D eigenvalue weighted by Crippen LogP contribution is -2.24. The number of rotatable bonds is 7. The van der Waals surface area contributed by atoms with E-state index in [4.69, 9.17) is 0 Å². The first-order valence-electron chi connectivity index (χ1n) is 5.47. The molecule has 0 aromatic carbocycles. The van der Waals surface area contributed by atoms with E-state index in [2.05, 4.69) is 29.8 Å². The molecule has 0 N–H and O–H groups in total. The van der Waals surface area contributed by atoms with Gasteiger partial charge in [0.1, 0.15) is 5.78 Å². The fourth-order valence-electron chi connectivity index (χ4n) is 1.40. The smallest absolute Gasteiger partial charge is 0.148 e. The molecule has 0 unspecified atom stereocenters. The average molecular weight is 278 g/mol. The highest BCUT2D eigenvalue weighted by atomic mass is 79.9. The molecule has 0 saturated heterocycles. The van der Waals surface area contributed by atoms with Gasteiger partial charge in [-0.3, -0.25) is 4.79 Å². The van der Waals surface area contributed by atoms with Crippen LogP contribution in [0.25, 0.3) is 0 Å². The zero-order valence-electron chi connectivity index (χ0n) is 9.82. The van der Waals surface area contributed by atoms with Gasteiger partial charge in [-0.05, 0) is 20.3 Å². The Bertz CT molecular complexity index is 171. The molecular weight excluding hydrogens is 256 g/mol. The van der Waals surface area contributed by atoms with Gasteiger partial charge in [0.2, 0.25) is 0 Å². The molecule has 0 aromatic heterocycles. The molecule has 0 aromatic rings. The summed E-state index contributed by atoms with van der Waals surface area (Å²) in [5.41, 5.74) is 0. The molecule has 0 atom stereocenters. The summed E-state index contributed by atoms with van der Waals surface area (Å²) in [5.74, 6) is 0.339. The van der Waals surface area contributed by atoms with E-state index >= 15 is 0 Å². The summed E-state index contributed by atoms with van der Waals surface area (Å²) in [6, 6.07) is 3.98. The Morgan fingerprint density at radius 3 is 2.14 bits per heavy atom. The van der Waals surface area contributed by atoms with Crippen LogP contribution in [0.3, 0.4) is 0 Å². The van der Waals surface area contributed by atoms with E-state index in [0.717, 1.165) is 12.8 Å². The van der Waals surface area contributed by atoms with Gasteiger partial charge < -0.3 is 0 Å². The minimum absolute atomic E-state index is 0.131. The average Bonchev–Trinajstić information content (AvgIpc) is 2.10. The third-order valence-corrected chi connectivity index (χ3v) is 6.10. The minimum Gasteiger partial charge on any atom is -0.298 e. The Morgan fingerprint density at radius 2 is 1.79 bits per heavy atom. The lowest BCUT2D eigenvalue weighted by atomic mass is 10.1. The Morgan fingerprint density at radius 1 is 1.29 bits per heavy atom. The van der Waals surface area contributed by atoms with Crippen molar-refractivity contribution in [1.82, 2.24) is 0 Å². The van der Waals surface area contributed by atoms with Crippen LogP contribution in [-0.2, 0) is 4.79 Å². The fraction of sp³-hybridized carbons (Fsp3) is 0.909. The first-order chi connectivity index (χ1) is 6.41. The number of ketones is 1. The van der Waals surface area contributed by atoms with Crippen molar-refractivity contribution in [1.29, 1.82) is 0 Å². The molecule has 0 heterocycles. The van der Waals surface area contributed by atoms with Gasteiger partial charge >= 0.3 is 0 Å². The van der Waals surface area contributed by atoms with E-state index in [0.29, 0.717) is 5.78 Å². The third-order valence-electron chi connectivity index (χ3n) is 2.60. The molecule has 3 heteroatoms. The molecule has 1 nitrogen and oxygen atoms in total. The highest BCUT2D eigenvalue weighted by Crippen LogP contribution is 2.21. The van der Waals surface area contributed by atoms with Crippen molar-refractivity contribution in [3.05, 3.63) is 0 Å². The fourth-order valence-corrected chi connectivity index (χ4v) is 3.48. The van der Waals surface area contributed by atoms with Crippen molar-refractivity contribution in [2.45, 2.75) is 63.0 Å². The molecule has 0 aliphatic rings. The van der Waals surface area contributed by atoms with Crippen LogP contribution in [0.4, 0.5) is 0 Å². The van der Waals surface area contributed by atoms with Crippen LogP contribution in [0.5, 0.6) is 0 Å². The summed E-state index contributed by atoms with van der Waals surface area (Å²) in [6.07, 6.45) is 1.83. The third kappa shape index (κ3) is 5.97. The maximum absolute atomic E-state index is 11.6. The first-order valence-corrected chi connectivity index (χ1v) is 8.39. The van der Waals surface area contributed by atoms with Crippen molar-refractivity contribution in [2.75, 3.05) is 0 Å². The predicted molar refractivity (Wildman–Crippen MR) is 68.8 cm³/mol. The van der Waals surface area contributed by atoms with Gasteiger partial charge in [0, 0.05) is 15.2 Å². The van der Waals surface area contributed by atoms with E-state index in [9.17, 15) is 4.79 Å².